The zero-order chi connectivity index (χ0) is 23.0. The number of carbonyl (C=O) groups is 2. The fourth-order valence-corrected chi connectivity index (χ4v) is 3.40. The van der Waals surface area contributed by atoms with Gasteiger partial charge in [0, 0.05) is 17.6 Å². The van der Waals surface area contributed by atoms with Gasteiger partial charge in [-0.05, 0) is 61.7 Å². The molecule has 1 N–H and O–H groups in total. The fraction of sp³-hybridized carbons (Fsp3) is 0.391. The van der Waals surface area contributed by atoms with Crippen LogP contribution in [0.2, 0.25) is 15.1 Å². The van der Waals surface area contributed by atoms with E-state index in [0.29, 0.717) is 27.2 Å². The van der Waals surface area contributed by atoms with Gasteiger partial charge in [0.2, 0.25) is 5.91 Å². The van der Waals surface area contributed by atoms with Crippen LogP contribution in [-0.4, -0.2) is 35.4 Å². The van der Waals surface area contributed by atoms with Crippen molar-refractivity contribution >= 4 is 46.6 Å². The second kappa shape index (κ2) is 12.2. The van der Waals surface area contributed by atoms with Crippen LogP contribution in [0.4, 0.5) is 0 Å². The van der Waals surface area contributed by atoms with Crippen molar-refractivity contribution in [2.45, 2.75) is 52.2 Å². The Balaban J connectivity index is 2.23. The van der Waals surface area contributed by atoms with Crippen LogP contribution in [0.5, 0.6) is 5.75 Å². The number of halogens is 3. The van der Waals surface area contributed by atoms with Gasteiger partial charge in [0.05, 0.1) is 10.0 Å². The van der Waals surface area contributed by atoms with Crippen molar-refractivity contribution in [1.82, 2.24) is 10.2 Å². The molecule has 0 spiro atoms. The van der Waals surface area contributed by atoms with Crippen LogP contribution < -0.4 is 10.1 Å². The van der Waals surface area contributed by atoms with Gasteiger partial charge in [-0.1, -0.05) is 54.7 Å². The maximum atomic E-state index is 13.1. The molecular weight excluding hydrogens is 459 g/mol. The van der Waals surface area contributed by atoms with Gasteiger partial charge >= 0.3 is 0 Å². The first-order valence-electron chi connectivity index (χ1n) is 10.2. The van der Waals surface area contributed by atoms with E-state index >= 15 is 0 Å². The molecule has 2 amide bonds. The number of carbonyl (C=O) groups excluding carboxylic acids is 2. The van der Waals surface area contributed by atoms with Gasteiger partial charge < -0.3 is 15.0 Å². The highest BCUT2D eigenvalue weighted by Gasteiger charge is 2.29. The summed E-state index contributed by atoms with van der Waals surface area (Å²) in [7, 11) is 0. The Labute approximate surface area is 198 Å². The van der Waals surface area contributed by atoms with Crippen LogP contribution in [0.1, 0.15) is 39.2 Å². The third kappa shape index (κ3) is 7.60. The van der Waals surface area contributed by atoms with E-state index in [-0.39, 0.29) is 31.0 Å². The Morgan fingerprint density at radius 3 is 2.26 bits per heavy atom. The molecule has 0 saturated carbocycles. The van der Waals surface area contributed by atoms with Gasteiger partial charge in [-0.25, -0.2) is 0 Å². The summed E-state index contributed by atoms with van der Waals surface area (Å²) in [5.41, 5.74) is 0.768. The van der Waals surface area contributed by atoms with E-state index < -0.39 is 6.04 Å². The molecule has 2 aromatic rings. The lowest BCUT2D eigenvalue weighted by Crippen LogP contribution is -2.51. The number of benzene rings is 2. The maximum Gasteiger partial charge on any atom is 0.261 e. The molecule has 0 saturated heterocycles. The molecular formula is C23H27Cl3N2O3. The lowest BCUT2D eigenvalue weighted by Gasteiger charge is -2.31. The molecule has 8 heteroatoms. The predicted molar refractivity (Wildman–Crippen MR) is 126 cm³/mol. The number of nitrogens with zero attached hydrogens (tertiary/aromatic N) is 1. The highest BCUT2D eigenvalue weighted by Crippen LogP contribution is 2.24. The van der Waals surface area contributed by atoms with Crippen LogP contribution in [0.15, 0.2) is 42.5 Å². The molecule has 5 nitrogen and oxygen atoms in total. The summed E-state index contributed by atoms with van der Waals surface area (Å²) in [5.74, 6) is 0.00766. The molecule has 0 aromatic heterocycles. The van der Waals surface area contributed by atoms with Gasteiger partial charge in [-0.2, -0.15) is 0 Å². The molecule has 0 aliphatic carbocycles. The van der Waals surface area contributed by atoms with E-state index in [1.165, 1.54) is 4.90 Å². The van der Waals surface area contributed by atoms with E-state index in [9.17, 15) is 9.59 Å². The van der Waals surface area contributed by atoms with Crippen LogP contribution in [0.25, 0.3) is 0 Å². The average molecular weight is 486 g/mol. The Morgan fingerprint density at radius 2 is 1.68 bits per heavy atom. The predicted octanol–water partition coefficient (Wildman–Crippen LogP) is 5.75. The van der Waals surface area contributed by atoms with Gasteiger partial charge in [0.1, 0.15) is 11.8 Å². The minimum atomic E-state index is -0.648. The van der Waals surface area contributed by atoms with Crippen molar-refractivity contribution in [3.63, 3.8) is 0 Å². The minimum absolute atomic E-state index is 0.00814. The first-order valence-corrected chi connectivity index (χ1v) is 11.3. The van der Waals surface area contributed by atoms with Crippen molar-refractivity contribution < 1.29 is 14.3 Å². The molecule has 168 valence electrons. The van der Waals surface area contributed by atoms with Crippen molar-refractivity contribution in [1.29, 1.82) is 0 Å². The number of hydrogen-bond acceptors (Lipinski definition) is 3. The largest absolute Gasteiger partial charge is 0.484 e. The average Bonchev–Trinajstić information content (AvgIpc) is 2.75. The number of rotatable bonds is 10. The summed E-state index contributed by atoms with van der Waals surface area (Å²) >= 11 is 18.1. The summed E-state index contributed by atoms with van der Waals surface area (Å²) in [6.45, 7) is 5.78. The molecule has 0 heterocycles. The quantitative estimate of drug-likeness (QED) is 0.466. The van der Waals surface area contributed by atoms with Crippen LogP contribution >= 0.6 is 34.8 Å². The summed E-state index contributed by atoms with van der Waals surface area (Å²) in [6.07, 6.45) is 1.25. The number of hydrogen-bond donors (Lipinski definition) is 1. The van der Waals surface area contributed by atoms with Crippen LogP contribution in [-0.2, 0) is 16.1 Å². The van der Waals surface area contributed by atoms with Crippen molar-refractivity contribution in [3.05, 3.63) is 63.1 Å². The first kappa shape index (κ1) is 25.3. The molecule has 31 heavy (non-hydrogen) atoms. The Hall–Kier alpha value is -1.95. The summed E-state index contributed by atoms with van der Waals surface area (Å²) in [4.78, 5) is 27.6. The highest BCUT2D eigenvalue weighted by molar-refractivity contribution is 6.42. The normalized spacial score (nSPS) is 12.7. The molecule has 2 rings (SSSR count). The Kier molecular flexibility index (Phi) is 9.94. The van der Waals surface area contributed by atoms with Gasteiger partial charge in [0.15, 0.2) is 6.61 Å². The van der Waals surface area contributed by atoms with E-state index in [1.54, 1.807) is 42.5 Å². The third-order valence-electron chi connectivity index (χ3n) is 4.90. The molecule has 2 aromatic carbocycles. The number of nitrogens with one attached hydrogen (secondary N) is 1. The van der Waals surface area contributed by atoms with Crippen LogP contribution in [0, 0.1) is 0 Å². The summed E-state index contributed by atoms with van der Waals surface area (Å²) < 4.78 is 5.63. The molecule has 0 aliphatic rings. The second-order valence-electron chi connectivity index (χ2n) is 7.25. The molecule has 0 unspecified atom stereocenters. The highest BCUT2D eigenvalue weighted by atomic mass is 35.5. The maximum absolute atomic E-state index is 13.1. The lowest BCUT2D eigenvalue weighted by atomic mass is 10.1. The topological polar surface area (TPSA) is 58.6 Å². The molecule has 0 radical (unpaired) electrons. The zero-order valence-corrected chi connectivity index (χ0v) is 20.1. The summed E-state index contributed by atoms with van der Waals surface area (Å²) in [6, 6.07) is 11.3. The van der Waals surface area contributed by atoms with Gasteiger partial charge in [0.25, 0.3) is 5.91 Å². The third-order valence-corrected chi connectivity index (χ3v) is 5.89. The van der Waals surface area contributed by atoms with Gasteiger partial charge in [-0.15, -0.1) is 0 Å². The van der Waals surface area contributed by atoms with E-state index in [4.69, 9.17) is 39.5 Å². The Bertz CT molecular complexity index is 890. The first-order chi connectivity index (χ1) is 14.7. The summed E-state index contributed by atoms with van der Waals surface area (Å²) in [5, 5.41) is 4.36. The SMILES string of the molecule is CC[C@@H](C)NC(=O)[C@H](CC)N(Cc1ccc(Cl)c(Cl)c1)C(=O)COc1ccc(Cl)cc1. The van der Waals surface area contributed by atoms with E-state index in [0.717, 1.165) is 12.0 Å². The van der Waals surface area contributed by atoms with Crippen molar-refractivity contribution in [2.75, 3.05) is 6.61 Å². The fourth-order valence-electron chi connectivity index (χ4n) is 2.95. The van der Waals surface area contributed by atoms with Gasteiger partial charge in [-0.3, -0.25) is 9.59 Å². The number of amides is 2. The smallest absolute Gasteiger partial charge is 0.261 e. The van der Waals surface area contributed by atoms with E-state index in [2.05, 4.69) is 5.32 Å². The van der Waals surface area contributed by atoms with E-state index in [1.807, 2.05) is 20.8 Å². The van der Waals surface area contributed by atoms with Crippen molar-refractivity contribution in [3.8, 4) is 5.75 Å². The monoisotopic (exact) mass is 484 g/mol. The molecule has 0 fully saturated rings. The molecule has 2 atom stereocenters. The minimum Gasteiger partial charge on any atom is -0.484 e. The van der Waals surface area contributed by atoms with Crippen molar-refractivity contribution in [2.24, 2.45) is 0 Å². The van der Waals surface area contributed by atoms with Crippen LogP contribution in [0.3, 0.4) is 0 Å². The molecule has 0 aliphatic heterocycles. The molecule has 0 bridgehead atoms. The lowest BCUT2D eigenvalue weighted by molar-refractivity contribution is -0.143. The second-order valence-corrected chi connectivity index (χ2v) is 8.51. The Morgan fingerprint density at radius 1 is 1.00 bits per heavy atom. The standard InChI is InChI=1S/C23H27Cl3N2O3/c1-4-15(3)27-23(30)21(5-2)28(13-16-6-11-19(25)20(26)12-16)22(29)14-31-18-9-7-17(24)8-10-18/h6-12,15,21H,4-5,13-14H2,1-3H3,(H,27,30)/t15-,21+/m1/s1. The zero-order valence-electron chi connectivity index (χ0n) is 17.8. The number of ether oxygens (including phenoxy) is 1.